The summed E-state index contributed by atoms with van der Waals surface area (Å²) in [6, 6.07) is 1.67. The Morgan fingerprint density at radius 3 is 2.89 bits per heavy atom. The average Bonchev–Trinajstić information content (AvgIpc) is 2.93. The molecule has 0 aliphatic rings. The first-order valence-electron chi connectivity index (χ1n) is 5.37. The van der Waals surface area contributed by atoms with Crippen molar-refractivity contribution in [3.63, 3.8) is 0 Å². The Balaban J connectivity index is 0.00000162. The normalized spacial score (nSPS) is 9.94. The Bertz CT molecular complexity index is 540. The van der Waals surface area contributed by atoms with Gasteiger partial charge in [0.1, 0.15) is 6.26 Å². The van der Waals surface area contributed by atoms with Crippen LogP contribution in [0.15, 0.2) is 22.9 Å². The number of methoxy groups -OCH3 is 1. The molecule has 0 aromatic carbocycles. The molecule has 0 fully saturated rings. The number of rotatable bonds is 3. The molecule has 98 valence electrons. The van der Waals surface area contributed by atoms with E-state index in [0.717, 1.165) is 23.4 Å². The summed E-state index contributed by atoms with van der Waals surface area (Å²) in [5.41, 5.74) is 2.85. The zero-order chi connectivity index (χ0) is 12.4. The van der Waals surface area contributed by atoms with E-state index in [1.54, 1.807) is 18.5 Å². The molecule has 0 unspecified atom stereocenters. The molecule has 5 heteroatoms. The lowest BCUT2D eigenvalue weighted by Crippen LogP contribution is -2.00. The summed E-state index contributed by atoms with van der Waals surface area (Å²) in [6.45, 7) is 4.75. The molecule has 0 N–H and O–H groups in total. The molecule has 5 nitrogen and oxygen atoms in total. The van der Waals surface area contributed by atoms with Gasteiger partial charge in [-0.25, -0.2) is 4.79 Å². The standard InChI is InChI=1S/C12H14N2O3.CH4/c1-4-14-11(8(2)6-13-14)9-5-10(17-7-9)12(15)16-3;/h5-7H,4H2,1-3H3;1H4. The van der Waals surface area contributed by atoms with E-state index in [1.165, 1.54) is 7.11 Å². The van der Waals surface area contributed by atoms with Crippen LogP contribution in [0, 0.1) is 6.92 Å². The summed E-state index contributed by atoms with van der Waals surface area (Å²) in [5, 5.41) is 4.24. The summed E-state index contributed by atoms with van der Waals surface area (Å²) >= 11 is 0. The zero-order valence-electron chi connectivity index (χ0n) is 10.1. The largest absolute Gasteiger partial charge is 0.463 e. The smallest absolute Gasteiger partial charge is 0.373 e. The molecule has 0 atom stereocenters. The molecule has 18 heavy (non-hydrogen) atoms. The van der Waals surface area contributed by atoms with Crippen LogP contribution in [0.4, 0.5) is 0 Å². The van der Waals surface area contributed by atoms with Crippen LogP contribution >= 0.6 is 0 Å². The first-order valence-corrected chi connectivity index (χ1v) is 5.37. The Hall–Kier alpha value is -2.04. The van der Waals surface area contributed by atoms with Gasteiger partial charge in [0, 0.05) is 18.2 Å². The minimum atomic E-state index is -0.475. The maximum atomic E-state index is 11.3. The number of hydrogen-bond acceptors (Lipinski definition) is 4. The van der Waals surface area contributed by atoms with E-state index in [1.807, 2.05) is 18.5 Å². The van der Waals surface area contributed by atoms with Crippen molar-refractivity contribution in [1.82, 2.24) is 9.78 Å². The van der Waals surface area contributed by atoms with E-state index in [4.69, 9.17) is 4.42 Å². The first-order chi connectivity index (χ1) is 8.17. The van der Waals surface area contributed by atoms with Gasteiger partial charge in [-0.2, -0.15) is 5.10 Å². The number of aromatic nitrogens is 2. The molecule has 0 amide bonds. The summed E-state index contributed by atoms with van der Waals surface area (Å²) in [4.78, 5) is 11.3. The number of furan rings is 1. The van der Waals surface area contributed by atoms with Crippen LogP contribution in [0.2, 0.25) is 0 Å². The monoisotopic (exact) mass is 250 g/mol. The molecule has 0 saturated carbocycles. The fourth-order valence-electron chi connectivity index (χ4n) is 1.76. The molecule has 0 bridgehead atoms. The third-order valence-electron chi connectivity index (χ3n) is 2.58. The van der Waals surface area contributed by atoms with Crippen LogP contribution in [0.25, 0.3) is 11.3 Å². The van der Waals surface area contributed by atoms with Gasteiger partial charge in [0.05, 0.1) is 19.0 Å². The Morgan fingerprint density at radius 1 is 1.56 bits per heavy atom. The number of nitrogens with zero attached hydrogens (tertiary/aromatic N) is 2. The molecule has 2 aromatic heterocycles. The van der Waals surface area contributed by atoms with Crippen molar-refractivity contribution in [3.8, 4) is 11.3 Å². The van der Waals surface area contributed by atoms with Crippen LogP contribution in [-0.2, 0) is 11.3 Å². The van der Waals surface area contributed by atoms with Crippen LogP contribution in [0.3, 0.4) is 0 Å². The van der Waals surface area contributed by atoms with Gasteiger partial charge in [0.2, 0.25) is 5.76 Å². The third kappa shape index (κ3) is 2.30. The Labute approximate surface area is 106 Å². The van der Waals surface area contributed by atoms with Crippen molar-refractivity contribution in [2.75, 3.05) is 7.11 Å². The van der Waals surface area contributed by atoms with Crippen molar-refractivity contribution in [3.05, 3.63) is 29.9 Å². The van der Waals surface area contributed by atoms with Crippen molar-refractivity contribution < 1.29 is 13.9 Å². The second kappa shape index (κ2) is 5.53. The van der Waals surface area contributed by atoms with E-state index in [-0.39, 0.29) is 13.2 Å². The molecular weight excluding hydrogens is 232 g/mol. The van der Waals surface area contributed by atoms with E-state index in [0.29, 0.717) is 0 Å². The average molecular weight is 250 g/mol. The van der Waals surface area contributed by atoms with Crippen LogP contribution in [-0.4, -0.2) is 22.9 Å². The summed E-state index contributed by atoms with van der Waals surface area (Å²) in [6.07, 6.45) is 3.34. The highest BCUT2D eigenvalue weighted by Crippen LogP contribution is 2.25. The fourth-order valence-corrected chi connectivity index (χ4v) is 1.76. The molecule has 0 aliphatic heterocycles. The molecule has 0 saturated heterocycles. The lowest BCUT2D eigenvalue weighted by Gasteiger charge is -2.02. The lowest BCUT2D eigenvalue weighted by atomic mass is 10.1. The molecule has 0 aliphatic carbocycles. The minimum absolute atomic E-state index is 0. The molecule has 0 radical (unpaired) electrons. The van der Waals surface area contributed by atoms with Gasteiger partial charge in [-0.3, -0.25) is 4.68 Å². The lowest BCUT2D eigenvalue weighted by molar-refractivity contribution is 0.0565. The van der Waals surface area contributed by atoms with Gasteiger partial charge in [-0.1, -0.05) is 7.43 Å². The SMILES string of the molecule is C.CCn1ncc(C)c1-c1coc(C(=O)OC)c1. The molecular formula is C13H18N2O3. The third-order valence-corrected chi connectivity index (χ3v) is 2.58. The van der Waals surface area contributed by atoms with Crippen molar-refractivity contribution in [1.29, 1.82) is 0 Å². The number of ether oxygens (including phenoxy) is 1. The molecule has 2 heterocycles. The quantitative estimate of drug-likeness (QED) is 0.786. The predicted molar refractivity (Wildman–Crippen MR) is 68.4 cm³/mol. The highest BCUT2D eigenvalue weighted by Gasteiger charge is 2.16. The zero-order valence-corrected chi connectivity index (χ0v) is 10.1. The fraction of sp³-hybridized carbons (Fsp3) is 0.385. The van der Waals surface area contributed by atoms with E-state index < -0.39 is 5.97 Å². The number of hydrogen-bond donors (Lipinski definition) is 0. The van der Waals surface area contributed by atoms with Crippen molar-refractivity contribution in [2.45, 2.75) is 27.8 Å². The van der Waals surface area contributed by atoms with E-state index in [9.17, 15) is 4.79 Å². The number of aryl methyl sites for hydroxylation is 2. The predicted octanol–water partition coefficient (Wildman–Crippen LogP) is 2.89. The van der Waals surface area contributed by atoms with Gasteiger partial charge >= 0.3 is 5.97 Å². The summed E-state index contributed by atoms with van der Waals surface area (Å²) < 4.78 is 11.6. The maximum absolute atomic E-state index is 11.3. The second-order valence-electron chi connectivity index (χ2n) is 3.68. The highest BCUT2D eigenvalue weighted by molar-refractivity contribution is 5.88. The van der Waals surface area contributed by atoms with Gasteiger partial charge < -0.3 is 9.15 Å². The van der Waals surface area contributed by atoms with E-state index in [2.05, 4.69) is 9.84 Å². The Kier molecular flexibility index (Phi) is 4.31. The topological polar surface area (TPSA) is 57.3 Å². The van der Waals surface area contributed by atoms with Gasteiger partial charge in [0.25, 0.3) is 0 Å². The Morgan fingerprint density at radius 2 is 2.28 bits per heavy atom. The van der Waals surface area contributed by atoms with Crippen molar-refractivity contribution >= 4 is 5.97 Å². The highest BCUT2D eigenvalue weighted by atomic mass is 16.5. The van der Waals surface area contributed by atoms with Gasteiger partial charge in [-0.05, 0) is 19.4 Å². The first kappa shape index (κ1) is 14.0. The molecule has 2 rings (SSSR count). The molecule has 2 aromatic rings. The number of carbonyl (C=O) groups excluding carboxylic acids is 1. The van der Waals surface area contributed by atoms with Gasteiger partial charge in [-0.15, -0.1) is 0 Å². The van der Waals surface area contributed by atoms with Crippen LogP contribution in [0.5, 0.6) is 0 Å². The van der Waals surface area contributed by atoms with Crippen LogP contribution in [0.1, 0.15) is 30.5 Å². The molecule has 0 spiro atoms. The van der Waals surface area contributed by atoms with Crippen LogP contribution < -0.4 is 0 Å². The van der Waals surface area contributed by atoms with Crippen molar-refractivity contribution in [2.24, 2.45) is 0 Å². The number of carbonyl (C=O) groups is 1. The summed E-state index contributed by atoms with van der Waals surface area (Å²) in [5.74, 6) is -0.276. The minimum Gasteiger partial charge on any atom is -0.463 e. The number of esters is 1. The van der Waals surface area contributed by atoms with Gasteiger partial charge in [0.15, 0.2) is 0 Å². The second-order valence-corrected chi connectivity index (χ2v) is 3.68. The summed E-state index contributed by atoms with van der Waals surface area (Å²) in [7, 11) is 1.33. The van der Waals surface area contributed by atoms with E-state index >= 15 is 0 Å². The maximum Gasteiger partial charge on any atom is 0.373 e.